The molecule has 0 fully saturated rings. The number of fused-ring (bicyclic) bond motifs is 1. The lowest BCUT2D eigenvalue weighted by molar-refractivity contribution is 0.0699. The van der Waals surface area contributed by atoms with Crippen molar-refractivity contribution in [3.63, 3.8) is 0 Å². The maximum atomic E-state index is 10.9. The average Bonchev–Trinajstić information content (AvgIpc) is 2.23. The van der Waals surface area contributed by atoms with Crippen molar-refractivity contribution in [1.82, 2.24) is 0 Å². The number of hydrogen-bond donors (Lipinski definition) is 4. The minimum Gasteiger partial charge on any atom is -0.507 e. The van der Waals surface area contributed by atoms with Gasteiger partial charge in [-0.3, -0.25) is 0 Å². The van der Waals surface area contributed by atoms with Gasteiger partial charge >= 0.3 is 5.97 Å². The molecule has 0 saturated carbocycles. The number of hydrogen-bond acceptors (Lipinski definition) is 4. The molecule has 5 nitrogen and oxygen atoms in total. The highest BCUT2D eigenvalue weighted by Gasteiger charge is 2.17. The summed E-state index contributed by atoms with van der Waals surface area (Å²) in [4.78, 5) is 10.9. The molecule has 0 heterocycles. The van der Waals surface area contributed by atoms with Gasteiger partial charge in [0.2, 0.25) is 0 Å². The highest BCUT2D eigenvalue weighted by molar-refractivity contribution is 6.10. The number of carboxylic acids is 1. The molecule has 16 heavy (non-hydrogen) atoms. The second-order valence-corrected chi connectivity index (χ2v) is 3.29. The molecule has 0 aromatic heterocycles. The summed E-state index contributed by atoms with van der Waals surface area (Å²) in [6, 6.07) is 4.68. The van der Waals surface area contributed by atoms with E-state index in [4.69, 9.17) is 5.11 Å². The van der Waals surface area contributed by atoms with Crippen LogP contribution < -0.4 is 0 Å². The van der Waals surface area contributed by atoms with E-state index in [9.17, 15) is 20.1 Å². The van der Waals surface area contributed by atoms with Crippen molar-refractivity contribution < 1.29 is 25.2 Å². The van der Waals surface area contributed by atoms with Gasteiger partial charge in [0.25, 0.3) is 0 Å². The molecule has 2 rings (SSSR count). The van der Waals surface area contributed by atoms with Crippen molar-refractivity contribution in [3.05, 3.63) is 29.8 Å². The molecule has 4 N–H and O–H groups in total. The minimum absolute atomic E-state index is 0.0695. The zero-order valence-electron chi connectivity index (χ0n) is 8.01. The van der Waals surface area contributed by atoms with Gasteiger partial charge in [-0.2, -0.15) is 0 Å². The van der Waals surface area contributed by atoms with Gasteiger partial charge in [-0.25, -0.2) is 4.79 Å². The quantitative estimate of drug-likeness (QED) is 0.548. The van der Waals surface area contributed by atoms with E-state index >= 15 is 0 Å². The Bertz CT molecular complexity index is 580. The number of aromatic carboxylic acids is 1. The normalized spacial score (nSPS) is 10.5. The van der Waals surface area contributed by atoms with Gasteiger partial charge in [-0.05, 0) is 24.3 Å². The summed E-state index contributed by atoms with van der Waals surface area (Å²) in [5, 5.41) is 37.4. The SMILES string of the molecule is O=C(O)c1ccc(O)c2c(O)ccc(O)c12. The number of rotatable bonds is 1. The third-order valence-corrected chi connectivity index (χ3v) is 2.33. The number of phenolic OH excluding ortho intramolecular Hbond substituents is 3. The smallest absolute Gasteiger partial charge is 0.336 e. The third-order valence-electron chi connectivity index (χ3n) is 2.33. The fourth-order valence-electron chi connectivity index (χ4n) is 1.62. The van der Waals surface area contributed by atoms with Crippen LogP contribution in [0.25, 0.3) is 10.8 Å². The van der Waals surface area contributed by atoms with Crippen LogP contribution >= 0.6 is 0 Å². The van der Waals surface area contributed by atoms with Crippen LogP contribution in [0.1, 0.15) is 10.4 Å². The van der Waals surface area contributed by atoms with Gasteiger partial charge in [-0.15, -0.1) is 0 Å². The van der Waals surface area contributed by atoms with Crippen molar-refractivity contribution in [2.75, 3.05) is 0 Å². The van der Waals surface area contributed by atoms with Crippen LogP contribution in [-0.2, 0) is 0 Å². The average molecular weight is 220 g/mol. The van der Waals surface area contributed by atoms with Gasteiger partial charge in [0.15, 0.2) is 0 Å². The second kappa shape index (κ2) is 3.30. The number of carbonyl (C=O) groups is 1. The Balaban J connectivity index is 3.03. The largest absolute Gasteiger partial charge is 0.507 e. The summed E-state index contributed by atoms with van der Waals surface area (Å²) in [6.07, 6.45) is 0. The van der Waals surface area contributed by atoms with Crippen molar-refractivity contribution in [2.24, 2.45) is 0 Å². The van der Waals surface area contributed by atoms with E-state index in [-0.39, 0.29) is 33.6 Å². The van der Waals surface area contributed by atoms with Crippen molar-refractivity contribution in [1.29, 1.82) is 0 Å². The molecule has 82 valence electrons. The van der Waals surface area contributed by atoms with Crippen LogP contribution in [0.15, 0.2) is 24.3 Å². The summed E-state index contributed by atoms with van der Waals surface area (Å²) >= 11 is 0. The van der Waals surface area contributed by atoms with Crippen LogP contribution in [0.2, 0.25) is 0 Å². The highest BCUT2D eigenvalue weighted by atomic mass is 16.4. The molecular weight excluding hydrogens is 212 g/mol. The van der Waals surface area contributed by atoms with Crippen molar-refractivity contribution in [2.45, 2.75) is 0 Å². The Morgan fingerprint density at radius 1 is 0.812 bits per heavy atom. The molecule has 0 aliphatic rings. The van der Waals surface area contributed by atoms with E-state index in [0.29, 0.717) is 0 Å². The van der Waals surface area contributed by atoms with Gasteiger partial charge in [0, 0.05) is 5.39 Å². The maximum absolute atomic E-state index is 10.9. The molecule has 0 unspecified atom stereocenters. The molecule has 0 aliphatic heterocycles. The molecule has 0 atom stereocenters. The zero-order chi connectivity index (χ0) is 11.9. The van der Waals surface area contributed by atoms with Gasteiger partial charge in [-0.1, -0.05) is 0 Å². The fourth-order valence-corrected chi connectivity index (χ4v) is 1.62. The lowest BCUT2D eigenvalue weighted by Crippen LogP contribution is -1.97. The lowest BCUT2D eigenvalue weighted by atomic mass is 10.0. The summed E-state index contributed by atoms with van der Waals surface area (Å²) in [5.41, 5.74) is -0.179. The summed E-state index contributed by atoms with van der Waals surface area (Å²) in [5.74, 6) is -2.12. The Kier molecular flexibility index (Phi) is 2.09. The van der Waals surface area contributed by atoms with Crippen molar-refractivity contribution in [3.8, 4) is 17.2 Å². The molecule has 0 bridgehead atoms. The monoisotopic (exact) mass is 220 g/mol. The van der Waals surface area contributed by atoms with Gasteiger partial charge in [0.1, 0.15) is 17.2 Å². The number of benzene rings is 2. The topological polar surface area (TPSA) is 98.0 Å². The lowest BCUT2D eigenvalue weighted by Gasteiger charge is -2.08. The Hall–Kier alpha value is -2.43. The van der Waals surface area contributed by atoms with E-state index in [1.807, 2.05) is 0 Å². The van der Waals surface area contributed by atoms with Crippen LogP contribution in [0, 0.1) is 0 Å². The molecule has 2 aromatic carbocycles. The predicted octanol–water partition coefficient (Wildman–Crippen LogP) is 1.65. The Labute approximate surface area is 89.8 Å². The first kappa shape index (κ1) is 10.1. The Morgan fingerprint density at radius 2 is 1.25 bits per heavy atom. The number of carboxylic acid groups (broad SMARTS) is 1. The third kappa shape index (κ3) is 1.30. The first-order valence-electron chi connectivity index (χ1n) is 4.42. The molecule has 0 spiro atoms. The van der Waals surface area contributed by atoms with Crippen LogP contribution in [-0.4, -0.2) is 26.4 Å². The predicted molar refractivity (Wildman–Crippen MR) is 55.9 cm³/mol. The molecule has 0 saturated heterocycles. The second-order valence-electron chi connectivity index (χ2n) is 3.29. The van der Waals surface area contributed by atoms with E-state index < -0.39 is 5.97 Å². The molecule has 0 amide bonds. The first-order chi connectivity index (χ1) is 7.52. The van der Waals surface area contributed by atoms with Crippen molar-refractivity contribution >= 4 is 16.7 Å². The van der Waals surface area contributed by atoms with Crippen LogP contribution in [0.4, 0.5) is 0 Å². The summed E-state index contributed by atoms with van der Waals surface area (Å²) < 4.78 is 0. The zero-order valence-corrected chi connectivity index (χ0v) is 8.01. The molecule has 5 heteroatoms. The highest BCUT2D eigenvalue weighted by Crippen LogP contribution is 2.39. The molecule has 2 aromatic rings. The molecule has 0 aliphatic carbocycles. The maximum Gasteiger partial charge on any atom is 0.336 e. The van der Waals surface area contributed by atoms with E-state index in [2.05, 4.69) is 0 Å². The summed E-state index contributed by atoms with van der Waals surface area (Å²) in [6.45, 7) is 0. The first-order valence-corrected chi connectivity index (χ1v) is 4.42. The fraction of sp³-hybridized carbons (Fsp3) is 0. The van der Waals surface area contributed by atoms with Crippen LogP contribution in [0.5, 0.6) is 17.2 Å². The Morgan fingerprint density at radius 3 is 1.75 bits per heavy atom. The summed E-state index contributed by atoms with van der Waals surface area (Å²) in [7, 11) is 0. The van der Waals surface area contributed by atoms with E-state index in [0.717, 1.165) is 6.07 Å². The molecule has 0 radical (unpaired) electrons. The number of phenols is 3. The van der Waals surface area contributed by atoms with E-state index in [1.165, 1.54) is 18.2 Å². The standard InChI is InChI=1S/C11H8O5/c12-6-3-4-8(14)10-7(13)2-1-5(9(6)10)11(15)16/h1-4,12-14H,(H,15,16). The van der Waals surface area contributed by atoms with E-state index in [1.54, 1.807) is 0 Å². The molecular formula is C11H8O5. The van der Waals surface area contributed by atoms with Gasteiger partial charge < -0.3 is 20.4 Å². The van der Waals surface area contributed by atoms with Crippen LogP contribution in [0.3, 0.4) is 0 Å². The van der Waals surface area contributed by atoms with Gasteiger partial charge in [0.05, 0.1) is 10.9 Å². The number of aromatic hydroxyl groups is 3. The minimum atomic E-state index is -1.24.